The first kappa shape index (κ1) is 19.0. The molecule has 1 amide bonds. The van der Waals surface area contributed by atoms with Crippen LogP contribution in [-0.2, 0) is 0 Å². The molecule has 2 saturated heterocycles. The number of nitrogens with zero attached hydrogens (tertiary/aromatic N) is 2. The minimum Gasteiger partial charge on any atom is -0.387 e. The smallest absolute Gasteiger partial charge is 0.255 e. The zero-order chi connectivity index (χ0) is 17.9. The third-order valence-corrected chi connectivity index (χ3v) is 6.06. The second kappa shape index (κ2) is 8.26. The number of amides is 1. The molecule has 2 aliphatic heterocycles. The molecule has 0 radical (unpaired) electrons. The van der Waals surface area contributed by atoms with E-state index in [1.165, 1.54) is 25.7 Å². The number of carbonyl (C=O) groups excluding carboxylic acids is 1. The first-order valence-electron chi connectivity index (χ1n) is 9.17. The van der Waals surface area contributed by atoms with E-state index in [1.54, 1.807) is 23.1 Å². The third-order valence-electron chi connectivity index (χ3n) is 5.24. The van der Waals surface area contributed by atoms with E-state index in [-0.39, 0.29) is 10.9 Å². The molecule has 0 spiro atoms. The molecule has 3 rings (SSSR count). The van der Waals surface area contributed by atoms with E-state index in [1.807, 2.05) is 0 Å². The lowest BCUT2D eigenvalue weighted by Crippen LogP contribution is -2.55. The predicted octanol–water partition coefficient (Wildman–Crippen LogP) is 3.84. The summed E-state index contributed by atoms with van der Waals surface area (Å²) in [5.41, 5.74) is -0.434. The van der Waals surface area contributed by atoms with Crippen molar-refractivity contribution in [2.45, 2.75) is 44.1 Å². The molecule has 1 N–H and O–H groups in total. The fourth-order valence-corrected chi connectivity index (χ4v) is 4.35. The number of hydrogen-bond acceptors (Lipinski definition) is 3. The molecule has 0 bridgehead atoms. The molecule has 1 aromatic carbocycles. The molecule has 2 fully saturated rings. The van der Waals surface area contributed by atoms with Crippen LogP contribution in [0.5, 0.6) is 0 Å². The van der Waals surface area contributed by atoms with Crippen LogP contribution in [0.2, 0.25) is 10.0 Å². The highest BCUT2D eigenvalue weighted by Crippen LogP contribution is 2.29. The summed E-state index contributed by atoms with van der Waals surface area (Å²) in [6.07, 6.45) is 6.46. The van der Waals surface area contributed by atoms with Gasteiger partial charge in [-0.1, -0.05) is 42.1 Å². The summed E-state index contributed by atoms with van der Waals surface area (Å²) >= 11 is 12.2. The molecular weight excluding hydrogens is 359 g/mol. The summed E-state index contributed by atoms with van der Waals surface area (Å²) in [5.74, 6) is -0.151. The normalized spacial score (nSPS) is 25.6. The third kappa shape index (κ3) is 4.68. The molecular formula is C19H26Cl2N2O2. The molecule has 4 nitrogen and oxygen atoms in total. The molecule has 1 aromatic rings. The SMILES string of the molecule is O=C(c1cccc(Cl)c1Cl)N1CCCC(O)(CN2CCCCCC2)C1. The van der Waals surface area contributed by atoms with E-state index >= 15 is 0 Å². The van der Waals surface area contributed by atoms with Crippen LogP contribution in [0.1, 0.15) is 48.9 Å². The quantitative estimate of drug-likeness (QED) is 0.860. The summed E-state index contributed by atoms with van der Waals surface area (Å²) in [4.78, 5) is 16.9. The predicted molar refractivity (Wildman–Crippen MR) is 101 cm³/mol. The molecule has 2 aliphatic rings. The van der Waals surface area contributed by atoms with Crippen LogP contribution < -0.4 is 0 Å². The Morgan fingerprint density at radius 3 is 2.52 bits per heavy atom. The van der Waals surface area contributed by atoms with E-state index < -0.39 is 5.60 Å². The van der Waals surface area contributed by atoms with Gasteiger partial charge >= 0.3 is 0 Å². The van der Waals surface area contributed by atoms with Crippen molar-refractivity contribution in [3.05, 3.63) is 33.8 Å². The second-order valence-electron chi connectivity index (χ2n) is 7.35. The van der Waals surface area contributed by atoms with Gasteiger partial charge in [0, 0.05) is 13.1 Å². The second-order valence-corrected chi connectivity index (χ2v) is 8.13. The largest absolute Gasteiger partial charge is 0.387 e. The average molecular weight is 385 g/mol. The van der Waals surface area contributed by atoms with E-state index in [2.05, 4.69) is 4.90 Å². The van der Waals surface area contributed by atoms with Crippen molar-refractivity contribution in [2.75, 3.05) is 32.7 Å². The van der Waals surface area contributed by atoms with Gasteiger partial charge in [-0.25, -0.2) is 0 Å². The molecule has 1 atom stereocenters. The monoisotopic (exact) mass is 384 g/mol. The Balaban J connectivity index is 1.69. The highest BCUT2D eigenvalue weighted by atomic mass is 35.5. The summed E-state index contributed by atoms with van der Waals surface area (Å²) in [5, 5.41) is 11.8. The van der Waals surface area contributed by atoms with Gasteiger partial charge in [-0.3, -0.25) is 4.79 Å². The Kier molecular flexibility index (Phi) is 6.26. The van der Waals surface area contributed by atoms with Crippen LogP contribution in [0.4, 0.5) is 0 Å². The Bertz CT molecular complexity index is 617. The zero-order valence-electron chi connectivity index (χ0n) is 14.5. The fourth-order valence-electron chi connectivity index (χ4n) is 3.96. The van der Waals surface area contributed by atoms with Crippen molar-refractivity contribution in [3.8, 4) is 0 Å². The van der Waals surface area contributed by atoms with Crippen molar-refractivity contribution < 1.29 is 9.90 Å². The van der Waals surface area contributed by atoms with Gasteiger partial charge in [0.2, 0.25) is 0 Å². The molecule has 6 heteroatoms. The summed E-state index contributed by atoms with van der Waals surface area (Å²) in [7, 11) is 0. The van der Waals surface area contributed by atoms with Gasteiger partial charge in [0.25, 0.3) is 5.91 Å². The van der Waals surface area contributed by atoms with Gasteiger partial charge in [0.05, 0.1) is 27.8 Å². The number of hydrogen-bond donors (Lipinski definition) is 1. The first-order chi connectivity index (χ1) is 12.0. The Morgan fingerprint density at radius 1 is 1.08 bits per heavy atom. The van der Waals surface area contributed by atoms with E-state index in [4.69, 9.17) is 23.2 Å². The molecule has 0 aromatic heterocycles. The summed E-state index contributed by atoms with van der Waals surface area (Å²) < 4.78 is 0. The van der Waals surface area contributed by atoms with Gasteiger partial charge in [0.15, 0.2) is 0 Å². The van der Waals surface area contributed by atoms with Gasteiger partial charge in [-0.2, -0.15) is 0 Å². The summed E-state index contributed by atoms with van der Waals surface area (Å²) in [6.45, 7) is 3.71. The maximum absolute atomic E-state index is 12.9. The maximum Gasteiger partial charge on any atom is 0.255 e. The topological polar surface area (TPSA) is 43.8 Å². The van der Waals surface area contributed by atoms with Crippen LogP contribution in [0.3, 0.4) is 0 Å². The Labute approximate surface area is 159 Å². The minimum absolute atomic E-state index is 0.151. The van der Waals surface area contributed by atoms with E-state index in [0.29, 0.717) is 30.2 Å². The van der Waals surface area contributed by atoms with E-state index in [9.17, 15) is 9.90 Å². The molecule has 138 valence electrons. The molecule has 0 saturated carbocycles. The number of carbonyl (C=O) groups is 1. The lowest BCUT2D eigenvalue weighted by Gasteiger charge is -2.42. The minimum atomic E-state index is -0.844. The maximum atomic E-state index is 12.9. The van der Waals surface area contributed by atoms with Gasteiger partial charge in [0.1, 0.15) is 0 Å². The van der Waals surface area contributed by atoms with Crippen molar-refractivity contribution in [1.82, 2.24) is 9.80 Å². The van der Waals surface area contributed by atoms with Crippen LogP contribution in [0.15, 0.2) is 18.2 Å². The van der Waals surface area contributed by atoms with Crippen molar-refractivity contribution in [3.63, 3.8) is 0 Å². The number of likely N-dealkylation sites (tertiary alicyclic amines) is 2. The van der Waals surface area contributed by atoms with Gasteiger partial charge in [-0.15, -0.1) is 0 Å². The Hall–Kier alpha value is -0.810. The van der Waals surface area contributed by atoms with Crippen LogP contribution in [-0.4, -0.2) is 59.1 Å². The van der Waals surface area contributed by atoms with Crippen LogP contribution in [0.25, 0.3) is 0 Å². The van der Waals surface area contributed by atoms with Gasteiger partial charge in [-0.05, 0) is 50.9 Å². The standard InChI is InChI=1S/C19H26Cl2N2O2/c20-16-8-5-7-15(17(16)21)18(24)23-12-6-9-19(25,14-23)13-22-10-3-1-2-4-11-22/h5,7-8,25H,1-4,6,9-14H2. The molecule has 25 heavy (non-hydrogen) atoms. The van der Waals surface area contributed by atoms with Crippen molar-refractivity contribution >= 4 is 29.1 Å². The van der Waals surface area contributed by atoms with Crippen molar-refractivity contribution in [2.24, 2.45) is 0 Å². The highest BCUT2D eigenvalue weighted by Gasteiger charge is 2.37. The number of benzene rings is 1. The van der Waals surface area contributed by atoms with Crippen molar-refractivity contribution in [1.29, 1.82) is 0 Å². The van der Waals surface area contributed by atoms with Crippen LogP contribution >= 0.6 is 23.2 Å². The zero-order valence-corrected chi connectivity index (χ0v) is 16.0. The fraction of sp³-hybridized carbons (Fsp3) is 0.632. The molecule has 1 unspecified atom stereocenters. The lowest BCUT2D eigenvalue weighted by atomic mass is 9.91. The number of halogens is 2. The van der Waals surface area contributed by atoms with Gasteiger partial charge < -0.3 is 14.9 Å². The number of piperidine rings is 1. The van der Waals surface area contributed by atoms with E-state index in [0.717, 1.165) is 25.9 Å². The molecule has 2 heterocycles. The molecule has 0 aliphatic carbocycles. The number of aliphatic hydroxyl groups is 1. The average Bonchev–Trinajstić information content (AvgIpc) is 2.85. The van der Waals surface area contributed by atoms with Crippen LogP contribution in [0, 0.1) is 0 Å². The lowest BCUT2D eigenvalue weighted by molar-refractivity contribution is -0.0461. The highest BCUT2D eigenvalue weighted by molar-refractivity contribution is 6.43. The summed E-state index contributed by atoms with van der Waals surface area (Å²) in [6, 6.07) is 5.10. The first-order valence-corrected chi connectivity index (χ1v) is 9.92. The Morgan fingerprint density at radius 2 is 1.80 bits per heavy atom. The number of rotatable bonds is 3. The number of β-amino-alcohol motifs (C(OH)–C–C–N with tert-alkyl or cyclic N) is 1.